The molecule has 4 nitrogen and oxygen atoms in total. The highest BCUT2D eigenvalue weighted by molar-refractivity contribution is 5.75. The lowest BCUT2D eigenvalue weighted by molar-refractivity contribution is 0.0104. The highest BCUT2D eigenvalue weighted by atomic mass is 16.5. The van der Waals surface area contributed by atoms with Crippen LogP contribution in [0, 0.1) is 0 Å². The van der Waals surface area contributed by atoms with E-state index in [9.17, 15) is 4.79 Å². The zero-order valence-corrected chi connectivity index (χ0v) is 13.2. The number of rotatable bonds is 6. The Hall–Kier alpha value is -1.39. The molecule has 0 bridgehead atoms. The van der Waals surface area contributed by atoms with Gasteiger partial charge in [0.1, 0.15) is 18.6 Å². The van der Waals surface area contributed by atoms with E-state index in [1.54, 1.807) is 0 Å². The van der Waals surface area contributed by atoms with Crippen molar-refractivity contribution in [2.75, 3.05) is 32.9 Å². The summed E-state index contributed by atoms with van der Waals surface area (Å²) in [5, 5.41) is 0. The fourth-order valence-electron chi connectivity index (χ4n) is 2.56. The largest absolute Gasteiger partial charge is 0.492 e. The molecule has 21 heavy (non-hydrogen) atoms. The molecule has 0 spiro atoms. The van der Waals surface area contributed by atoms with Crippen molar-refractivity contribution in [2.45, 2.75) is 32.7 Å². The number of aldehydes is 1. The first kappa shape index (κ1) is 16.0. The van der Waals surface area contributed by atoms with Gasteiger partial charge in [-0.05, 0) is 36.6 Å². The van der Waals surface area contributed by atoms with E-state index in [2.05, 4.69) is 25.7 Å². The van der Waals surface area contributed by atoms with Gasteiger partial charge in [0, 0.05) is 24.7 Å². The average molecular weight is 291 g/mol. The van der Waals surface area contributed by atoms with Crippen LogP contribution in [0.1, 0.15) is 42.6 Å². The summed E-state index contributed by atoms with van der Waals surface area (Å²) >= 11 is 0. The molecular formula is C17H25NO3. The third-order valence-corrected chi connectivity index (χ3v) is 3.94. The number of ether oxygens (including phenoxy) is 2. The van der Waals surface area contributed by atoms with Crippen LogP contribution in [0.5, 0.6) is 5.75 Å². The van der Waals surface area contributed by atoms with Gasteiger partial charge in [-0.25, -0.2) is 0 Å². The van der Waals surface area contributed by atoms with E-state index in [0.29, 0.717) is 24.1 Å². The average Bonchev–Trinajstić information content (AvgIpc) is 2.53. The lowest BCUT2D eigenvalue weighted by Gasteiger charge is -2.32. The summed E-state index contributed by atoms with van der Waals surface area (Å²) in [5.74, 6) is 1.22. The molecule has 0 saturated carbocycles. The summed E-state index contributed by atoms with van der Waals surface area (Å²) in [7, 11) is 0. The number of nitrogens with zero attached hydrogens (tertiary/aromatic N) is 1. The molecule has 116 valence electrons. The van der Waals surface area contributed by atoms with E-state index in [4.69, 9.17) is 9.47 Å². The highest BCUT2D eigenvalue weighted by Crippen LogP contribution is 2.27. The van der Waals surface area contributed by atoms with E-state index >= 15 is 0 Å². The second-order valence-electron chi connectivity index (χ2n) is 5.88. The maximum atomic E-state index is 10.9. The van der Waals surface area contributed by atoms with Gasteiger partial charge in [-0.3, -0.25) is 9.69 Å². The van der Waals surface area contributed by atoms with Gasteiger partial charge in [0.15, 0.2) is 0 Å². The first-order valence-corrected chi connectivity index (χ1v) is 7.65. The van der Waals surface area contributed by atoms with E-state index in [-0.39, 0.29) is 0 Å². The lowest BCUT2D eigenvalue weighted by atomic mass is 10.00. The van der Waals surface area contributed by atoms with Gasteiger partial charge in [0.25, 0.3) is 0 Å². The van der Waals surface area contributed by atoms with Crippen molar-refractivity contribution in [1.29, 1.82) is 0 Å². The quantitative estimate of drug-likeness (QED) is 0.755. The van der Waals surface area contributed by atoms with E-state index < -0.39 is 0 Å². The zero-order valence-electron chi connectivity index (χ0n) is 13.2. The fourth-order valence-corrected chi connectivity index (χ4v) is 2.56. The Balaban J connectivity index is 2.00. The van der Waals surface area contributed by atoms with Crippen LogP contribution >= 0.6 is 0 Å². The number of carbonyl (C=O) groups is 1. The minimum absolute atomic E-state index is 0.332. The van der Waals surface area contributed by atoms with Gasteiger partial charge < -0.3 is 9.47 Å². The van der Waals surface area contributed by atoms with Crippen molar-refractivity contribution in [3.63, 3.8) is 0 Å². The normalized spacial score (nSPS) is 17.7. The predicted octanol–water partition coefficient (Wildman–Crippen LogP) is 2.72. The summed E-state index contributed by atoms with van der Waals surface area (Å²) in [5.41, 5.74) is 1.79. The van der Waals surface area contributed by atoms with Crippen molar-refractivity contribution >= 4 is 6.29 Å². The summed E-state index contributed by atoms with van der Waals surface area (Å²) in [6, 6.07) is 6.00. The SMILES string of the molecule is CC(C)c1cc(C=O)ccc1OCC(C)N1CCOCC1. The molecule has 0 N–H and O–H groups in total. The molecule has 1 aliphatic rings. The van der Waals surface area contributed by atoms with Gasteiger partial charge in [0.05, 0.1) is 13.2 Å². The maximum Gasteiger partial charge on any atom is 0.150 e. The molecule has 1 aliphatic heterocycles. The van der Waals surface area contributed by atoms with Crippen LogP contribution < -0.4 is 4.74 Å². The summed E-state index contributed by atoms with van der Waals surface area (Å²) < 4.78 is 11.4. The number of carbonyl (C=O) groups excluding carboxylic acids is 1. The third-order valence-electron chi connectivity index (χ3n) is 3.94. The highest BCUT2D eigenvalue weighted by Gasteiger charge is 2.18. The summed E-state index contributed by atoms with van der Waals surface area (Å²) in [6.45, 7) is 10.6. The van der Waals surface area contributed by atoms with Crippen molar-refractivity contribution < 1.29 is 14.3 Å². The second kappa shape index (κ2) is 7.57. The van der Waals surface area contributed by atoms with Crippen molar-refractivity contribution in [3.8, 4) is 5.75 Å². The Kier molecular flexibility index (Phi) is 5.76. The molecule has 0 amide bonds. The molecule has 1 heterocycles. The molecule has 1 aromatic carbocycles. The molecule has 1 atom stereocenters. The van der Waals surface area contributed by atoms with Crippen LogP contribution in [0.25, 0.3) is 0 Å². The zero-order chi connectivity index (χ0) is 15.2. The minimum atomic E-state index is 0.332. The Bertz CT molecular complexity index is 467. The molecule has 1 fully saturated rings. The van der Waals surface area contributed by atoms with Crippen LogP contribution in [-0.4, -0.2) is 50.1 Å². The van der Waals surface area contributed by atoms with Gasteiger partial charge >= 0.3 is 0 Å². The predicted molar refractivity (Wildman–Crippen MR) is 83.3 cm³/mol. The molecule has 0 aliphatic carbocycles. The van der Waals surface area contributed by atoms with Gasteiger partial charge in [0.2, 0.25) is 0 Å². The second-order valence-corrected chi connectivity index (χ2v) is 5.88. The Morgan fingerprint density at radius 1 is 1.29 bits per heavy atom. The first-order valence-electron chi connectivity index (χ1n) is 7.65. The number of hydrogen-bond acceptors (Lipinski definition) is 4. The van der Waals surface area contributed by atoms with Crippen molar-refractivity contribution in [1.82, 2.24) is 4.90 Å². The Morgan fingerprint density at radius 3 is 2.62 bits per heavy atom. The van der Waals surface area contributed by atoms with Crippen molar-refractivity contribution in [3.05, 3.63) is 29.3 Å². The van der Waals surface area contributed by atoms with Crippen LogP contribution in [0.2, 0.25) is 0 Å². The van der Waals surface area contributed by atoms with Crippen LogP contribution in [0.15, 0.2) is 18.2 Å². The monoisotopic (exact) mass is 291 g/mol. The van der Waals surface area contributed by atoms with Crippen LogP contribution in [0.3, 0.4) is 0 Å². The molecule has 1 saturated heterocycles. The topological polar surface area (TPSA) is 38.8 Å². The van der Waals surface area contributed by atoms with E-state index in [0.717, 1.165) is 43.9 Å². The minimum Gasteiger partial charge on any atom is -0.492 e. The number of morpholine rings is 1. The third kappa shape index (κ3) is 4.29. The van der Waals surface area contributed by atoms with Gasteiger partial charge in [-0.1, -0.05) is 13.8 Å². The number of benzene rings is 1. The van der Waals surface area contributed by atoms with Crippen molar-refractivity contribution in [2.24, 2.45) is 0 Å². The molecule has 2 rings (SSSR count). The van der Waals surface area contributed by atoms with Gasteiger partial charge in [-0.2, -0.15) is 0 Å². The van der Waals surface area contributed by atoms with E-state index in [1.807, 2.05) is 18.2 Å². The molecular weight excluding hydrogens is 266 g/mol. The van der Waals surface area contributed by atoms with E-state index in [1.165, 1.54) is 0 Å². The maximum absolute atomic E-state index is 10.9. The Labute approximate surface area is 127 Å². The molecule has 4 heteroatoms. The fraction of sp³-hybridized carbons (Fsp3) is 0.588. The lowest BCUT2D eigenvalue weighted by Crippen LogP contribution is -2.44. The van der Waals surface area contributed by atoms with Crippen LogP contribution in [-0.2, 0) is 4.74 Å². The number of hydrogen-bond donors (Lipinski definition) is 0. The standard InChI is InChI=1S/C17H25NO3/c1-13(2)16-10-15(11-19)4-5-17(16)21-12-14(3)18-6-8-20-9-7-18/h4-5,10-11,13-14H,6-9,12H2,1-3H3. The molecule has 1 aromatic rings. The molecule has 1 unspecified atom stereocenters. The molecule has 0 radical (unpaired) electrons. The summed E-state index contributed by atoms with van der Waals surface area (Å²) in [4.78, 5) is 13.3. The Morgan fingerprint density at radius 2 is 2.00 bits per heavy atom. The van der Waals surface area contributed by atoms with Crippen LogP contribution in [0.4, 0.5) is 0 Å². The first-order chi connectivity index (χ1) is 10.1. The van der Waals surface area contributed by atoms with Gasteiger partial charge in [-0.15, -0.1) is 0 Å². The summed E-state index contributed by atoms with van der Waals surface area (Å²) in [6.07, 6.45) is 0.881. The smallest absolute Gasteiger partial charge is 0.150 e. The molecule has 0 aromatic heterocycles.